The number of nitrogens with two attached hydrogens (primary N) is 2. The van der Waals surface area contributed by atoms with Crippen LogP contribution in [0.5, 0.6) is 0 Å². The van der Waals surface area contributed by atoms with Crippen LogP contribution in [-0.4, -0.2) is 14.5 Å². The van der Waals surface area contributed by atoms with E-state index in [1.54, 1.807) is 18.2 Å². The van der Waals surface area contributed by atoms with Crippen LogP contribution in [0.1, 0.15) is 24.6 Å². The van der Waals surface area contributed by atoms with Crippen molar-refractivity contribution in [3.05, 3.63) is 87.6 Å². The van der Waals surface area contributed by atoms with Gasteiger partial charge in [0.2, 0.25) is 5.95 Å². The standard InChI is InChI=1S/C24H19F2N7O/c1-29-20-21(27)31-24(28)32-22(20)30-19(12-8-9-12)17-10-13-4-2-7-16(26)18(13)23(34)33(17)15-6-3-5-14(25)11-15/h2-7,10-12,19H,8-9H2,(H5,27,28,30,31,32)/t19-/m0/s1. The maximum Gasteiger partial charge on any atom is 0.268 e. The Morgan fingerprint density at radius 2 is 1.88 bits per heavy atom. The van der Waals surface area contributed by atoms with E-state index in [-0.39, 0.29) is 40.3 Å². The number of nitrogens with one attached hydrogen (secondary N) is 1. The predicted octanol–water partition coefficient (Wildman–Crippen LogP) is 4.34. The van der Waals surface area contributed by atoms with Gasteiger partial charge in [0.1, 0.15) is 23.3 Å². The van der Waals surface area contributed by atoms with E-state index in [0.29, 0.717) is 11.1 Å². The second kappa shape index (κ2) is 8.12. The summed E-state index contributed by atoms with van der Waals surface area (Å²) in [5.74, 6) is -1.16. The van der Waals surface area contributed by atoms with Crippen LogP contribution >= 0.6 is 0 Å². The summed E-state index contributed by atoms with van der Waals surface area (Å²) >= 11 is 0. The number of anilines is 3. The molecule has 0 radical (unpaired) electrons. The number of benzene rings is 2. The minimum absolute atomic E-state index is 0.00587. The minimum Gasteiger partial charge on any atom is -0.392 e. The Hall–Kier alpha value is -4.52. The maximum atomic E-state index is 14.7. The normalized spacial score (nSPS) is 14.0. The van der Waals surface area contributed by atoms with Gasteiger partial charge in [-0.2, -0.15) is 0 Å². The van der Waals surface area contributed by atoms with Gasteiger partial charge in [-0.05, 0) is 54.5 Å². The largest absolute Gasteiger partial charge is 0.392 e. The van der Waals surface area contributed by atoms with E-state index in [4.69, 9.17) is 18.0 Å². The van der Waals surface area contributed by atoms with Gasteiger partial charge in [-0.3, -0.25) is 9.36 Å². The average molecular weight is 459 g/mol. The number of hydrogen-bond acceptors (Lipinski definition) is 6. The molecule has 1 aliphatic rings. The van der Waals surface area contributed by atoms with Gasteiger partial charge in [0.05, 0.1) is 23.7 Å². The van der Waals surface area contributed by atoms with Crippen molar-refractivity contribution < 1.29 is 8.78 Å². The Labute approximate surface area is 192 Å². The topological polar surface area (TPSA) is 116 Å². The van der Waals surface area contributed by atoms with Crippen molar-refractivity contribution in [1.29, 1.82) is 0 Å². The summed E-state index contributed by atoms with van der Waals surface area (Å²) in [6.45, 7) is 7.48. The van der Waals surface area contributed by atoms with E-state index in [9.17, 15) is 13.6 Å². The first kappa shape index (κ1) is 21.3. The van der Waals surface area contributed by atoms with Crippen LogP contribution in [0.3, 0.4) is 0 Å². The highest BCUT2D eigenvalue weighted by Crippen LogP contribution is 2.45. The van der Waals surface area contributed by atoms with Gasteiger partial charge in [0.15, 0.2) is 0 Å². The van der Waals surface area contributed by atoms with E-state index < -0.39 is 23.2 Å². The lowest BCUT2D eigenvalue weighted by molar-refractivity contribution is 0.615. The monoisotopic (exact) mass is 459 g/mol. The lowest BCUT2D eigenvalue weighted by Gasteiger charge is -2.25. The van der Waals surface area contributed by atoms with Gasteiger partial charge in [-0.25, -0.2) is 23.6 Å². The maximum absolute atomic E-state index is 14.7. The number of fused-ring (bicyclic) bond motifs is 1. The number of nitrogens with zero attached hydrogens (tertiary/aromatic N) is 4. The zero-order chi connectivity index (χ0) is 24.0. The predicted molar refractivity (Wildman–Crippen MR) is 126 cm³/mol. The first-order valence-corrected chi connectivity index (χ1v) is 10.5. The second-order valence-corrected chi connectivity index (χ2v) is 8.13. The molecule has 5 N–H and O–H groups in total. The van der Waals surface area contributed by atoms with Gasteiger partial charge < -0.3 is 16.8 Å². The Kier molecular flexibility index (Phi) is 5.09. The summed E-state index contributed by atoms with van der Waals surface area (Å²) in [7, 11) is 0. The molecule has 5 rings (SSSR count). The van der Waals surface area contributed by atoms with Gasteiger partial charge >= 0.3 is 0 Å². The average Bonchev–Trinajstić information content (AvgIpc) is 3.62. The van der Waals surface area contributed by atoms with Crippen molar-refractivity contribution in [2.45, 2.75) is 18.9 Å². The summed E-state index contributed by atoms with van der Waals surface area (Å²) in [5, 5.41) is 3.53. The molecule has 0 saturated heterocycles. The van der Waals surface area contributed by atoms with E-state index in [1.807, 2.05) is 0 Å². The molecule has 2 aromatic heterocycles. The molecule has 0 aliphatic heterocycles. The highest BCUT2D eigenvalue weighted by atomic mass is 19.1. The Bertz CT molecular complexity index is 1540. The lowest BCUT2D eigenvalue weighted by Crippen LogP contribution is -2.28. The van der Waals surface area contributed by atoms with E-state index in [2.05, 4.69) is 20.1 Å². The summed E-state index contributed by atoms with van der Waals surface area (Å²) in [5.41, 5.74) is 11.7. The smallest absolute Gasteiger partial charge is 0.268 e. The van der Waals surface area contributed by atoms with Gasteiger partial charge in [0.25, 0.3) is 11.2 Å². The number of hydrogen-bond donors (Lipinski definition) is 3. The Morgan fingerprint density at radius 3 is 2.59 bits per heavy atom. The van der Waals surface area contributed by atoms with Crippen molar-refractivity contribution in [2.24, 2.45) is 5.92 Å². The molecule has 1 saturated carbocycles. The molecule has 34 heavy (non-hydrogen) atoms. The molecule has 170 valence electrons. The lowest BCUT2D eigenvalue weighted by atomic mass is 10.0. The molecule has 1 aliphatic carbocycles. The number of rotatable bonds is 5. The molecule has 2 heterocycles. The fourth-order valence-corrected chi connectivity index (χ4v) is 4.16. The fourth-order valence-electron chi connectivity index (χ4n) is 4.16. The van der Waals surface area contributed by atoms with Crippen LogP contribution in [-0.2, 0) is 0 Å². The first-order valence-electron chi connectivity index (χ1n) is 10.5. The summed E-state index contributed by atoms with van der Waals surface area (Å²) < 4.78 is 30.1. The van der Waals surface area contributed by atoms with Crippen molar-refractivity contribution in [2.75, 3.05) is 16.8 Å². The summed E-state index contributed by atoms with van der Waals surface area (Å²) in [4.78, 5) is 25.0. The zero-order valence-corrected chi connectivity index (χ0v) is 17.8. The van der Waals surface area contributed by atoms with Crippen molar-refractivity contribution in [1.82, 2.24) is 14.5 Å². The molecule has 10 heteroatoms. The minimum atomic E-state index is -0.665. The Balaban J connectivity index is 1.77. The molecule has 1 atom stereocenters. The van der Waals surface area contributed by atoms with Gasteiger partial charge in [-0.15, -0.1) is 0 Å². The number of pyridine rings is 1. The van der Waals surface area contributed by atoms with Crippen molar-refractivity contribution in [3.8, 4) is 5.69 Å². The molecule has 1 fully saturated rings. The summed E-state index contributed by atoms with van der Waals surface area (Å²) in [6, 6.07) is 11.1. The van der Waals surface area contributed by atoms with E-state index in [0.717, 1.165) is 12.8 Å². The Morgan fingerprint density at radius 1 is 1.12 bits per heavy atom. The third-order valence-electron chi connectivity index (χ3n) is 5.84. The molecule has 0 bridgehead atoms. The van der Waals surface area contributed by atoms with Crippen LogP contribution in [0, 0.1) is 24.1 Å². The van der Waals surface area contributed by atoms with Crippen LogP contribution in [0.2, 0.25) is 0 Å². The molecule has 4 aromatic rings. The van der Waals surface area contributed by atoms with Crippen LogP contribution in [0.15, 0.2) is 53.3 Å². The molecule has 0 amide bonds. The van der Waals surface area contributed by atoms with Crippen LogP contribution < -0.4 is 22.3 Å². The number of nitrogen functional groups attached to an aromatic ring is 2. The molecular formula is C24H19F2N7O. The van der Waals surface area contributed by atoms with Crippen LogP contribution in [0.25, 0.3) is 21.3 Å². The highest BCUT2D eigenvalue weighted by molar-refractivity contribution is 5.83. The van der Waals surface area contributed by atoms with E-state index in [1.165, 1.54) is 34.9 Å². The molecule has 8 nitrogen and oxygen atoms in total. The third-order valence-corrected chi connectivity index (χ3v) is 5.84. The first-order chi connectivity index (χ1) is 16.4. The summed E-state index contributed by atoms with van der Waals surface area (Å²) in [6.07, 6.45) is 1.69. The number of aromatic nitrogens is 3. The SMILES string of the molecule is [C-]#[N+]c1c(N)nc(N)nc1N[C@H](c1cc2cccc(F)c2c(=O)n1-c1cccc(F)c1)C1CC1. The molecule has 0 spiro atoms. The molecule has 0 unspecified atom stereocenters. The number of halogens is 2. The van der Waals surface area contributed by atoms with Crippen LogP contribution in [0.4, 0.5) is 32.1 Å². The van der Waals surface area contributed by atoms with Crippen molar-refractivity contribution >= 4 is 34.0 Å². The van der Waals surface area contributed by atoms with Crippen molar-refractivity contribution in [3.63, 3.8) is 0 Å². The molecular weight excluding hydrogens is 440 g/mol. The quantitative estimate of drug-likeness (QED) is 0.383. The highest BCUT2D eigenvalue weighted by Gasteiger charge is 2.36. The second-order valence-electron chi connectivity index (χ2n) is 8.13. The van der Waals surface area contributed by atoms with E-state index >= 15 is 0 Å². The zero-order valence-electron chi connectivity index (χ0n) is 17.8. The fraction of sp³-hybridized carbons (Fsp3) is 0.167. The third kappa shape index (κ3) is 3.67. The van der Waals surface area contributed by atoms with Gasteiger partial charge in [0, 0.05) is 5.69 Å². The van der Waals surface area contributed by atoms with Gasteiger partial charge in [-0.1, -0.05) is 18.2 Å². The molecule has 2 aromatic carbocycles.